The van der Waals surface area contributed by atoms with E-state index in [0.29, 0.717) is 29.5 Å². The molecule has 126 valence electrons. The van der Waals surface area contributed by atoms with E-state index in [9.17, 15) is 9.59 Å². The van der Waals surface area contributed by atoms with Crippen molar-refractivity contribution in [1.82, 2.24) is 10.9 Å². The van der Waals surface area contributed by atoms with Gasteiger partial charge in [0.2, 0.25) is 0 Å². The van der Waals surface area contributed by atoms with Crippen molar-refractivity contribution in [3.63, 3.8) is 0 Å². The molecule has 0 saturated carbocycles. The van der Waals surface area contributed by atoms with Crippen LogP contribution in [0.4, 0.5) is 0 Å². The number of hydrogen-bond acceptors (Lipinski definition) is 4. The molecule has 2 aromatic rings. The molecule has 7 heteroatoms. The molecule has 0 radical (unpaired) electrons. The highest BCUT2D eigenvalue weighted by Crippen LogP contribution is 2.14. The van der Waals surface area contributed by atoms with Crippen LogP contribution in [0.2, 0.25) is 5.02 Å². The first kappa shape index (κ1) is 17.8. The molecule has 0 bridgehead atoms. The highest BCUT2D eigenvalue weighted by molar-refractivity contribution is 6.33. The second kappa shape index (κ2) is 8.90. The molecular formula is C17H17ClN2O4. The van der Waals surface area contributed by atoms with E-state index in [1.54, 1.807) is 55.6 Å². The smallest absolute Gasteiger partial charge is 0.271 e. The summed E-state index contributed by atoms with van der Waals surface area (Å²) < 4.78 is 10.3. The van der Waals surface area contributed by atoms with Crippen molar-refractivity contribution >= 4 is 23.4 Å². The second-order valence-electron chi connectivity index (χ2n) is 4.75. The van der Waals surface area contributed by atoms with Crippen LogP contribution in [0.25, 0.3) is 0 Å². The van der Waals surface area contributed by atoms with Gasteiger partial charge in [-0.3, -0.25) is 20.4 Å². The summed E-state index contributed by atoms with van der Waals surface area (Å²) in [5, 5.41) is 0.307. The van der Waals surface area contributed by atoms with E-state index in [2.05, 4.69) is 10.9 Å². The standard InChI is InChI=1S/C17H17ClN2O4/c1-23-10-11-24-13-8-6-12(7-9-13)16(21)19-20-17(22)14-4-2-3-5-15(14)18/h2-9H,10-11H2,1H3,(H,19,21)(H,20,22). The number of hydrogen-bond donors (Lipinski definition) is 2. The number of amides is 2. The topological polar surface area (TPSA) is 76.7 Å². The number of carbonyl (C=O) groups is 2. The number of rotatable bonds is 6. The molecule has 2 rings (SSSR count). The fourth-order valence-electron chi connectivity index (χ4n) is 1.84. The summed E-state index contributed by atoms with van der Waals surface area (Å²) in [7, 11) is 1.59. The van der Waals surface area contributed by atoms with Gasteiger partial charge in [0.15, 0.2) is 0 Å². The van der Waals surface area contributed by atoms with Gasteiger partial charge in [0.1, 0.15) is 12.4 Å². The number of carbonyl (C=O) groups excluding carboxylic acids is 2. The molecule has 0 fully saturated rings. The molecule has 0 atom stereocenters. The maximum atomic E-state index is 12.0. The highest BCUT2D eigenvalue weighted by atomic mass is 35.5. The Balaban J connectivity index is 1.88. The fraction of sp³-hybridized carbons (Fsp3) is 0.176. The van der Waals surface area contributed by atoms with Crippen LogP contribution in [-0.4, -0.2) is 32.1 Å². The van der Waals surface area contributed by atoms with Gasteiger partial charge in [-0.25, -0.2) is 0 Å². The molecule has 0 aliphatic rings. The van der Waals surface area contributed by atoms with Gasteiger partial charge in [0.05, 0.1) is 17.2 Å². The van der Waals surface area contributed by atoms with Crippen molar-refractivity contribution in [2.45, 2.75) is 0 Å². The third-order valence-corrected chi connectivity index (χ3v) is 3.41. The van der Waals surface area contributed by atoms with Crippen molar-refractivity contribution in [3.8, 4) is 5.75 Å². The van der Waals surface area contributed by atoms with Crippen molar-refractivity contribution in [2.24, 2.45) is 0 Å². The van der Waals surface area contributed by atoms with Gasteiger partial charge in [0.25, 0.3) is 11.8 Å². The van der Waals surface area contributed by atoms with Crippen molar-refractivity contribution in [1.29, 1.82) is 0 Å². The van der Waals surface area contributed by atoms with Gasteiger partial charge < -0.3 is 9.47 Å². The molecule has 0 spiro atoms. The van der Waals surface area contributed by atoms with Crippen LogP contribution in [0.5, 0.6) is 5.75 Å². The lowest BCUT2D eigenvalue weighted by Gasteiger charge is -2.09. The van der Waals surface area contributed by atoms with E-state index in [-0.39, 0.29) is 5.56 Å². The molecule has 0 aliphatic heterocycles. The quantitative estimate of drug-likeness (QED) is 0.621. The Bertz CT molecular complexity index is 704. The van der Waals surface area contributed by atoms with Crippen LogP contribution < -0.4 is 15.6 Å². The number of ether oxygens (including phenoxy) is 2. The predicted octanol–water partition coefficient (Wildman–Crippen LogP) is 2.44. The molecule has 2 aromatic carbocycles. The lowest BCUT2D eigenvalue weighted by molar-refractivity contribution is 0.0846. The average molecular weight is 349 g/mol. The Morgan fingerprint density at radius 1 is 0.958 bits per heavy atom. The first-order valence-electron chi connectivity index (χ1n) is 7.19. The molecular weight excluding hydrogens is 332 g/mol. The van der Waals surface area contributed by atoms with Crippen molar-refractivity contribution in [3.05, 3.63) is 64.7 Å². The molecule has 2 amide bonds. The van der Waals surface area contributed by atoms with Gasteiger partial charge >= 0.3 is 0 Å². The van der Waals surface area contributed by atoms with Crippen LogP contribution in [0, 0.1) is 0 Å². The number of nitrogens with one attached hydrogen (secondary N) is 2. The summed E-state index contributed by atoms with van der Waals surface area (Å²) in [6.45, 7) is 0.909. The van der Waals surface area contributed by atoms with Gasteiger partial charge in [-0.1, -0.05) is 23.7 Å². The van der Waals surface area contributed by atoms with E-state index in [1.165, 1.54) is 0 Å². The predicted molar refractivity (Wildman–Crippen MR) is 90.2 cm³/mol. The Morgan fingerprint density at radius 2 is 1.62 bits per heavy atom. The zero-order valence-electron chi connectivity index (χ0n) is 13.0. The fourth-order valence-corrected chi connectivity index (χ4v) is 2.07. The minimum atomic E-state index is -0.492. The first-order valence-corrected chi connectivity index (χ1v) is 7.56. The third-order valence-electron chi connectivity index (χ3n) is 3.08. The summed E-state index contributed by atoms with van der Waals surface area (Å²) in [6.07, 6.45) is 0. The van der Waals surface area contributed by atoms with E-state index in [4.69, 9.17) is 21.1 Å². The largest absolute Gasteiger partial charge is 0.491 e. The SMILES string of the molecule is COCCOc1ccc(C(=O)NNC(=O)c2ccccc2Cl)cc1. The summed E-state index contributed by atoms with van der Waals surface area (Å²) in [4.78, 5) is 24.0. The van der Waals surface area contributed by atoms with Crippen molar-refractivity contribution < 1.29 is 19.1 Å². The van der Waals surface area contributed by atoms with Gasteiger partial charge in [-0.05, 0) is 36.4 Å². The third kappa shape index (κ3) is 4.97. The zero-order chi connectivity index (χ0) is 17.4. The maximum Gasteiger partial charge on any atom is 0.271 e. The number of benzene rings is 2. The Hall–Kier alpha value is -2.57. The lowest BCUT2D eigenvalue weighted by Crippen LogP contribution is -2.41. The summed E-state index contributed by atoms with van der Waals surface area (Å²) in [5.74, 6) is -0.309. The maximum absolute atomic E-state index is 12.0. The number of hydrazine groups is 1. The Kier molecular flexibility index (Phi) is 6.60. The zero-order valence-corrected chi connectivity index (χ0v) is 13.8. The molecule has 0 saturated heterocycles. The normalized spacial score (nSPS) is 10.1. The lowest BCUT2D eigenvalue weighted by atomic mass is 10.2. The van der Waals surface area contributed by atoms with E-state index in [0.717, 1.165) is 0 Å². The van der Waals surface area contributed by atoms with Crippen LogP contribution >= 0.6 is 11.6 Å². The minimum absolute atomic E-state index is 0.279. The van der Waals surface area contributed by atoms with Crippen LogP contribution in [0.3, 0.4) is 0 Å². The monoisotopic (exact) mass is 348 g/mol. The second-order valence-corrected chi connectivity index (χ2v) is 5.16. The summed E-state index contributed by atoms with van der Waals surface area (Å²) >= 11 is 5.92. The van der Waals surface area contributed by atoms with Gasteiger partial charge in [-0.2, -0.15) is 0 Å². The molecule has 0 heterocycles. The van der Waals surface area contributed by atoms with Crippen LogP contribution in [0.15, 0.2) is 48.5 Å². The molecule has 0 aliphatic carbocycles. The first-order chi connectivity index (χ1) is 11.6. The molecule has 24 heavy (non-hydrogen) atoms. The number of methoxy groups -OCH3 is 1. The molecule has 0 unspecified atom stereocenters. The van der Waals surface area contributed by atoms with Crippen LogP contribution in [-0.2, 0) is 4.74 Å². The van der Waals surface area contributed by atoms with E-state index in [1.807, 2.05) is 0 Å². The molecule has 2 N–H and O–H groups in total. The highest BCUT2D eigenvalue weighted by Gasteiger charge is 2.11. The van der Waals surface area contributed by atoms with E-state index < -0.39 is 11.8 Å². The van der Waals surface area contributed by atoms with Gasteiger partial charge in [-0.15, -0.1) is 0 Å². The minimum Gasteiger partial charge on any atom is -0.491 e. The summed E-state index contributed by atoms with van der Waals surface area (Å²) in [5.41, 5.74) is 5.32. The number of halogens is 1. The molecule has 0 aromatic heterocycles. The van der Waals surface area contributed by atoms with Gasteiger partial charge in [0, 0.05) is 12.7 Å². The average Bonchev–Trinajstić information content (AvgIpc) is 2.60. The van der Waals surface area contributed by atoms with E-state index >= 15 is 0 Å². The Morgan fingerprint density at radius 3 is 2.29 bits per heavy atom. The van der Waals surface area contributed by atoms with Crippen LogP contribution in [0.1, 0.15) is 20.7 Å². The van der Waals surface area contributed by atoms with Crippen molar-refractivity contribution in [2.75, 3.05) is 20.3 Å². The molecule has 6 nitrogen and oxygen atoms in total. The Labute approximate surface area is 144 Å². The summed E-state index contributed by atoms with van der Waals surface area (Å²) in [6, 6.07) is 13.1.